The lowest BCUT2D eigenvalue weighted by Gasteiger charge is -2.16. The van der Waals surface area contributed by atoms with Crippen molar-refractivity contribution in [3.63, 3.8) is 0 Å². The summed E-state index contributed by atoms with van der Waals surface area (Å²) in [5, 5.41) is 0. The van der Waals surface area contributed by atoms with Gasteiger partial charge in [-0.3, -0.25) is 0 Å². The van der Waals surface area contributed by atoms with Crippen molar-refractivity contribution in [3.05, 3.63) is 25.3 Å². The quantitative estimate of drug-likeness (QED) is 0.109. The molecular formula is C23H40O4. The van der Waals surface area contributed by atoms with Gasteiger partial charge in [-0.15, -0.1) is 0 Å². The average Bonchev–Trinajstić information content (AvgIpc) is 2.67. The van der Waals surface area contributed by atoms with E-state index in [9.17, 15) is 9.59 Å². The molecule has 0 rings (SSSR count). The molecule has 0 unspecified atom stereocenters. The van der Waals surface area contributed by atoms with E-state index in [1.165, 1.54) is 70.6 Å². The zero-order valence-corrected chi connectivity index (χ0v) is 17.4. The third-order valence-electron chi connectivity index (χ3n) is 4.62. The van der Waals surface area contributed by atoms with E-state index in [-0.39, 0.29) is 0 Å². The van der Waals surface area contributed by atoms with Crippen molar-refractivity contribution in [2.45, 2.75) is 110 Å². The first-order valence-electron chi connectivity index (χ1n) is 10.8. The lowest BCUT2D eigenvalue weighted by atomic mass is 10.0. The number of esters is 2. The highest BCUT2D eigenvalue weighted by atomic mass is 16.7. The third-order valence-corrected chi connectivity index (χ3v) is 4.62. The highest BCUT2D eigenvalue weighted by Gasteiger charge is 2.15. The molecule has 4 heteroatoms. The summed E-state index contributed by atoms with van der Waals surface area (Å²) in [6.07, 6.45) is 19.7. The smallest absolute Gasteiger partial charge is 0.333 e. The van der Waals surface area contributed by atoms with E-state index in [4.69, 9.17) is 9.47 Å². The molecule has 0 amide bonds. The number of carbonyl (C=O) groups excluding carboxylic acids is 2. The predicted molar refractivity (Wildman–Crippen MR) is 111 cm³/mol. The molecule has 0 aliphatic carbocycles. The number of hydrogen-bond acceptors (Lipinski definition) is 4. The van der Waals surface area contributed by atoms with Crippen LogP contribution in [0.5, 0.6) is 0 Å². The van der Waals surface area contributed by atoms with Gasteiger partial charge in [-0.2, -0.15) is 0 Å². The van der Waals surface area contributed by atoms with Gasteiger partial charge in [0, 0.05) is 18.6 Å². The molecule has 156 valence electrons. The van der Waals surface area contributed by atoms with Gasteiger partial charge in [0.15, 0.2) is 0 Å². The first kappa shape index (κ1) is 25.4. The molecular weight excluding hydrogens is 340 g/mol. The molecule has 0 aromatic heterocycles. The third kappa shape index (κ3) is 17.6. The van der Waals surface area contributed by atoms with Gasteiger partial charge in [0.1, 0.15) is 0 Å². The summed E-state index contributed by atoms with van der Waals surface area (Å²) < 4.78 is 10.1. The van der Waals surface area contributed by atoms with Crippen molar-refractivity contribution in [1.82, 2.24) is 0 Å². The molecule has 4 nitrogen and oxygen atoms in total. The van der Waals surface area contributed by atoms with Crippen LogP contribution in [0.2, 0.25) is 0 Å². The van der Waals surface area contributed by atoms with Crippen molar-refractivity contribution in [1.29, 1.82) is 0 Å². The van der Waals surface area contributed by atoms with Crippen LogP contribution in [-0.4, -0.2) is 18.2 Å². The second kappa shape index (κ2) is 19.2. The molecule has 0 N–H and O–H groups in total. The van der Waals surface area contributed by atoms with Gasteiger partial charge in [-0.1, -0.05) is 104 Å². The summed E-state index contributed by atoms with van der Waals surface area (Å²) in [6, 6.07) is 0. The molecule has 0 aromatic rings. The van der Waals surface area contributed by atoms with Crippen LogP contribution in [0.15, 0.2) is 25.3 Å². The first-order valence-corrected chi connectivity index (χ1v) is 10.8. The van der Waals surface area contributed by atoms with Crippen molar-refractivity contribution >= 4 is 11.9 Å². The summed E-state index contributed by atoms with van der Waals surface area (Å²) in [6.45, 7) is 8.96. The van der Waals surface area contributed by atoms with E-state index >= 15 is 0 Å². The van der Waals surface area contributed by atoms with Crippen LogP contribution in [0.4, 0.5) is 0 Å². The molecule has 0 radical (unpaired) electrons. The maximum atomic E-state index is 11.3. The van der Waals surface area contributed by atoms with E-state index in [0.29, 0.717) is 6.42 Å². The number of ether oxygens (including phenoxy) is 2. The normalized spacial score (nSPS) is 10.6. The highest BCUT2D eigenvalue weighted by molar-refractivity contribution is 5.82. The molecule has 0 atom stereocenters. The van der Waals surface area contributed by atoms with Crippen LogP contribution in [0.25, 0.3) is 0 Å². The van der Waals surface area contributed by atoms with Gasteiger partial charge in [0.25, 0.3) is 0 Å². The Labute approximate surface area is 166 Å². The minimum Gasteiger partial charge on any atom is -0.422 e. The first-order chi connectivity index (χ1) is 13.1. The van der Waals surface area contributed by atoms with E-state index in [2.05, 4.69) is 20.1 Å². The van der Waals surface area contributed by atoms with Crippen LogP contribution < -0.4 is 0 Å². The maximum absolute atomic E-state index is 11.3. The van der Waals surface area contributed by atoms with Crippen LogP contribution in [0.1, 0.15) is 103 Å². The van der Waals surface area contributed by atoms with Gasteiger partial charge in [-0.05, 0) is 6.42 Å². The van der Waals surface area contributed by atoms with Crippen molar-refractivity contribution in [2.75, 3.05) is 0 Å². The highest BCUT2D eigenvalue weighted by Crippen LogP contribution is 2.15. The van der Waals surface area contributed by atoms with E-state index in [1.54, 1.807) is 0 Å². The fourth-order valence-corrected chi connectivity index (χ4v) is 3.00. The zero-order chi connectivity index (χ0) is 20.2. The Hall–Kier alpha value is -1.58. The van der Waals surface area contributed by atoms with Crippen LogP contribution in [0, 0.1) is 0 Å². The molecule has 27 heavy (non-hydrogen) atoms. The number of rotatable bonds is 19. The Kier molecular flexibility index (Phi) is 18.1. The SMILES string of the molecule is C=CC(=O)OC(CCCCCCCCCCCCCCCC)OC(=O)C=C. The predicted octanol–water partition coefficient (Wildman–Crippen LogP) is 6.64. The van der Waals surface area contributed by atoms with Gasteiger partial charge in [0.05, 0.1) is 0 Å². The topological polar surface area (TPSA) is 52.6 Å². The summed E-state index contributed by atoms with van der Waals surface area (Å²) in [5.74, 6) is -1.16. The molecule has 0 spiro atoms. The lowest BCUT2D eigenvalue weighted by molar-refractivity contribution is -0.182. The Morgan fingerprint density at radius 2 is 1.00 bits per heavy atom. The fourth-order valence-electron chi connectivity index (χ4n) is 3.00. The molecule has 0 aromatic carbocycles. The van der Waals surface area contributed by atoms with Crippen LogP contribution >= 0.6 is 0 Å². The van der Waals surface area contributed by atoms with Crippen LogP contribution in [-0.2, 0) is 19.1 Å². The fraction of sp³-hybridized carbons (Fsp3) is 0.739. The molecule has 0 heterocycles. The van der Waals surface area contributed by atoms with Gasteiger partial charge in [0.2, 0.25) is 6.29 Å². The van der Waals surface area contributed by atoms with Crippen molar-refractivity contribution in [3.8, 4) is 0 Å². The lowest BCUT2D eigenvalue weighted by Crippen LogP contribution is -2.23. The Morgan fingerprint density at radius 1 is 0.667 bits per heavy atom. The Balaban J connectivity index is 3.55. The Morgan fingerprint density at radius 3 is 1.33 bits per heavy atom. The molecule has 0 fully saturated rings. The average molecular weight is 381 g/mol. The second-order valence-corrected chi connectivity index (χ2v) is 7.10. The monoisotopic (exact) mass is 380 g/mol. The molecule has 0 aliphatic rings. The second-order valence-electron chi connectivity index (χ2n) is 7.10. The minimum absolute atomic E-state index is 0.511. The summed E-state index contributed by atoms with van der Waals surface area (Å²) in [5.41, 5.74) is 0. The summed E-state index contributed by atoms with van der Waals surface area (Å²) in [4.78, 5) is 22.6. The van der Waals surface area contributed by atoms with Gasteiger partial charge >= 0.3 is 11.9 Å². The molecule has 0 bridgehead atoms. The zero-order valence-electron chi connectivity index (χ0n) is 17.4. The van der Waals surface area contributed by atoms with E-state index < -0.39 is 18.2 Å². The van der Waals surface area contributed by atoms with Crippen molar-refractivity contribution in [2.24, 2.45) is 0 Å². The Bertz CT molecular complexity index is 381. The summed E-state index contributed by atoms with van der Waals surface area (Å²) in [7, 11) is 0. The standard InChI is InChI=1S/C23H40O4/c1-4-7-8-9-10-11-12-13-14-15-16-17-18-19-20-23(26-21(24)5-2)27-22(25)6-3/h5-6,23H,2-4,7-20H2,1H3. The largest absolute Gasteiger partial charge is 0.422 e. The van der Waals surface area contributed by atoms with Crippen molar-refractivity contribution < 1.29 is 19.1 Å². The number of hydrogen-bond donors (Lipinski definition) is 0. The number of unbranched alkanes of at least 4 members (excludes halogenated alkanes) is 13. The summed E-state index contributed by atoms with van der Waals surface area (Å²) >= 11 is 0. The van der Waals surface area contributed by atoms with Gasteiger partial charge < -0.3 is 9.47 Å². The van der Waals surface area contributed by atoms with Crippen LogP contribution in [0.3, 0.4) is 0 Å². The number of carbonyl (C=O) groups is 2. The van der Waals surface area contributed by atoms with E-state index in [1.807, 2.05) is 0 Å². The molecule has 0 saturated heterocycles. The maximum Gasteiger partial charge on any atom is 0.333 e. The molecule has 0 aliphatic heterocycles. The molecule has 0 saturated carbocycles. The van der Waals surface area contributed by atoms with E-state index in [0.717, 1.165) is 31.4 Å². The van der Waals surface area contributed by atoms with Gasteiger partial charge in [-0.25, -0.2) is 9.59 Å². The minimum atomic E-state index is -0.849.